The Labute approximate surface area is 102 Å². The lowest BCUT2D eigenvalue weighted by Gasteiger charge is -2.21. The molecular formula is C10H15BrN2O3. The van der Waals surface area contributed by atoms with Crippen LogP contribution in [0.15, 0.2) is 15.5 Å². The molecule has 6 heteroatoms. The number of hydrogen-bond donors (Lipinski definition) is 1. The van der Waals surface area contributed by atoms with Gasteiger partial charge in [0, 0.05) is 22.4 Å². The van der Waals surface area contributed by atoms with Gasteiger partial charge in [-0.2, -0.15) is 0 Å². The number of nitrogens with two attached hydrogens (primary N) is 1. The minimum absolute atomic E-state index is 0.296. The van der Waals surface area contributed by atoms with Crippen molar-refractivity contribution in [1.29, 1.82) is 0 Å². The van der Waals surface area contributed by atoms with Gasteiger partial charge in [0.05, 0.1) is 5.69 Å². The van der Waals surface area contributed by atoms with Crippen molar-refractivity contribution in [2.24, 2.45) is 5.73 Å². The Balaban J connectivity index is 2.52. The molecule has 0 spiro atoms. The molecule has 0 amide bonds. The molecule has 2 N–H and O–H groups in total. The molecule has 0 radical (unpaired) electrons. The zero-order valence-corrected chi connectivity index (χ0v) is 11.1. The molecule has 0 bridgehead atoms. The summed E-state index contributed by atoms with van der Waals surface area (Å²) in [6, 6.07) is -0.726. The molecule has 0 aliphatic heterocycles. The lowest BCUT2D eigenvalue weighted by Crippen LogP contribution is -2.38. The van der Waals surface area contributed by atoms with E-state index in [0.717, 1.165) is 0 Å². The zero-order chi connectivity index (χ0) is 12.3. The Hall–Kier alpha value is -0.880. The highest BCUT2D eigenvalue weighted by molar-refractivity contribution is 9.10. The summed E-state index contributed by atoms with van der Waals surface area (Å²) in [6.45, 7) is 5.39. The molecule has 16 heavy (non-hydrogen) atoms. The highest BCUT2D eigenvalue weighted by atomic mass is 79.9. The Bertz CT molecular complexity index is 370. The summed E-state index contributed by atoms with van der Waals surface area (Å²) < 4.78 is 10.1. The van der Waals surface area contributed by atoms with Gasteiger partial charge in [0.15, 0.2) is 0 Å². The second kappa shape index (κ2) is 4.97. The number of oxazole rings is 1. The molecule has 0 aromatic carbocycles. The van der Waals surface area contributed by atoms with Crippen molar-refractivity contribution < 1.29 is 13.9 Å². The molecule has 1 rings (SSSR count). The number of halogens is 1. The van der Waals surface area contributed by atoms with E-state index in [4.69, 9.17) is 14.9 Å². The number of rotatable bonds is 3. The van der Waals surface area contributed by atoms with E-state index in [-0.39, 0.29) is 0 Å². The van der Waals surface area contributed by atoms with Gasteiger partial charge in [0.25, 0.3) is 4.80 Å². The Kier molecular flexibility index (Phi) is 4.09. The van der Waals surface area contributed by atoms with Crippen LogP contribution in [0.3, 0.4) is 0 Å². The minimum Gasteiger partial charge on any atom is -0.459 e. The number of esters is 1. The number of carbonyl (C=O) groups excluding carboxylic acids is 1. The number of hydrogen-bond acceptors (Lipinski definition) is 5. The maximum atomic E-state index is 11.6. The molecule has 1 aromatic heterocycles. The molecule has 0 saturated heterocycles. The first-order chi connectivity index (χ1) is 7.28. The second-order valence-electron chi connectivity index (χ2n) is 4.44. The first-order valence-electron chi connectivity index (χ1n) is 4.86. The fraction of sp³-hybridized carbons (Fsp3) is 0.600. The van der Waals surface area contributed by atoms with Crippen molar-refractivity contribution in [2.75, 3.05) is 0 Å². The van der Waals surface area contributed by atoms with E-state index in [0.29, 0.717) is 16.9 Å². The molecule has 1 heterocycles. The Morgan fingerprint density at radius 2 is 2.31 bits per heavy atom. The minimum atomic E-state index is -0.726. The SMILES string of the molecule is CC(C)(C)OC(=O)[C@@H](N)Cc1coc(Br)n1. The lowest BCUT2D eigenvalue weighted by atomic mass is 10.1. The third kappa shape index (κ3) is 4.32. The molecule has 0 aliphatic carbocycles. The number of aromatic nitrogens is 1. The summed E-state index contributed by atoms with van der Waals surface area (Å²) >= 11 is 3.07. The summed E-state index contributed by atoms with van der Waals surface area (Å²) in [6.07, 6.45) is 1.75. The summed E-state index contributed by atoms with van der Waals surface area (Å²) in [5, 5.41) is 0. The molecule has 0 saturated carbocycles. The van der Waals surface area contributed by atoms with E-state index >= 15 is 0 Å². The smallest absolute Gasteiger partial charge is 0.323 e. The first-order valence-corrected chi connectivity index (χ1v) is 5.65. The molecule has 0 fully saturated rings. The molecule has 5 nitrogen and oxygen atoms in total. The van der Waals surface area contributed by atoms with E-state index in [1.165, 1.54) is 6.26 Å². The van der Waals surface area contributed by atoms with Gasteiger partial charge in [-0.05, 0) is 20.8 Å². The van der Waals surface area contributed by atoms with Crippen molar-refractivity contribution in [3.8, 4) is 0 Å². The van der Waals surface area contributed by atoms with Crippen molar-refractivity contribution in [2.45, 2.75) is 38.8 Å². The summed E-state index contributed by atoms with van der Waals surface area (Å²) in [7, 11) is 0. The average Bonchev–Trinajstić information content (AvgIpc) is 2.48. The topological polar surface area (TPSA) is 78.4 Å². The van der Waals surface area contributed by atoms with Crippen molar-refractivity contribution >= 4 is 21.9 Å². The predicted octanol–water partition coefficient (Wildman–Crippen LogP) is 1.65. The van der Waals surface area contributed by atoms with Crippen molar-refractivity contribution in [1.82, 2.24) is 4.98 Å². The van der Waals surface area contributed by atoms with Gasteiger partial charge in [-0.3, -0.25) is 4.79 Å². The molecule has 1 atom stereocenters. The molecular weight excluding hydrogens is 276 g/mol. The van der Waals surface area contributed by atoms with E-state index in [1.54, 1.807) is 20.8 Å². The highest BCUT2D eigenvalue weighted by Gasteiger charge is 2.23. The third-order valence-electron chi connectivity index (χ3n) is 1.66. The first kappa shape index (κ1) is 13.2. The van der Waals surface area contributed by atoms with Crippen LogP contribution in [0.1, 0.15) is 26.5 Å². The standard InChI is InChI=1S/C10H15BrN2O3/c1-10(2,3)16-8(14)7(12)4-6-5-15-9(11)13-6/h5,7H,4,12H2,1-3H3/t7-/m0/s1. The fourth-order valence-electron chi connectivity index (χ4n) is 1.06. The second-order valence-corrected chi connectivity index (χ2v) is 5.11. The van der Waals surface area contributed by atoms with Crippen molar-refractivity contribution in [3.63, 3.8) is 0 Å². The fourth-order valence-corrected chi connectivity index (χ4v) is 1.38. The van der Waals surface area contributed by atoms with Gasteiger partial charge >= 0.3 is 5.97 Å². The Morgan fingerprint density at radius 1 is 1.69 bits per heavy atom. The van der Waals surface area contributed by atoms with Crippen LogP contribution in [0.5, 0.6) is 0 Å². The van der Waals surface area contributed by atoms with Crippen LogP contribution in [-0.4, -0.2) is 22.6 Å². The summed E-state index contributed by atoms with van der Waals surface area (Å²) in [5.41, 5.74) is 5.78. The summed E-state index contributed by atoms with van der Waals surface area (Å²) in [4.78, 5) is 15.9. The quantitative estimate of drug-likeness (QED) is 0.857. The van der Waals surface area contributed by atoms with Crippen LogP contribution in [0.4, 0.5) is 0 Å². The maximum absolute atomic E-state index is 11.6. The van der Waals surface area contributed by atoms with Crippen LogP contribution in [0.25, 0.3) is 0 Å². The zero-order valence-electron chi connectivity index (χ0n) is 9.49. The van der Waals surface area contributed by atoms with Gasteiger partial charge in [0.2, 0.25) is 0 Å². The van der Waals surface area contributed by atoms with E-state index in [1.807, 2.05) is 0 Å². The van der Waals surface area contributed by atoms with Crippen LogP contribution in [0, 0.1) is 0 Å². The molecule has 0 unspecified atom stereocenters. The number of carbonyl (C=O) groups is 1. The predicted molar refractivity (Wildman–Crippen MR) is 61.7 cm³/mol. The molecule has 1 aromatic rings. The maximum Gasteiger partial charge on any atom is 0.323 e. The van der Waals surface area contributed by atoms with Gasteiger partial charge in [-0.1, -0.05) is 0 Å². The average molecular weight is 291 g/mol. The lowest BCUT2D eigenvalue weighted by molar-refractivity contribution is -0.156. The number of ether oxygens (including phenoxy) is 1. The Morgan fingerprint density at radius 3 is 2.75 bits per heavy atom. The van der Waals surface area contributed by atoms with Gasteiger partial charge < -0.3 is 14.9 Å². The molecule has 90 valence electrons. The van der Waals surface area contributed by atoms with Gasteiger partial charge in [-0.25, -0.2) is 4.98 Å². The normalized spacial score (nSPS) is 13.6. The molecule has 0 aliphatic rings. The summed E-state index contributed by atoms with van der Waals surface area (Å²) in [5.74, 6) is -0.438. The van der Waals surface area contributed by atoms with Gasteiger partial charge in [-0.15, -0.1) is 0 Å². The van der Waals surface area contributed by atoms with Crippen LogP contribution >= 0.6 is 15.9 Å². The van der Waals surface area contributed by atoms with E-state index < -0.39 is 17.6 Å². The van der Waals surface area contributed by atoms with Crippen LogP contribution < -0.4 is 5.73 Å². The van der Waals surface area contributed by atoms with E-state index in [2.05, 4.69) is 20.9 Å². The van der Waals surface area contributed by atoms with Crippen LogP contribution in [0.2, 0.25) is 0 Å². The van der Waals surface area contributed by atoms with Crippen LogP contribution in [-0.2, 0) is 16.0 Å². The van der Waals surface area contributed by atoms with Gasteiger partial charge in [0.1, 0.15) is 17.9 Å². The number of nitrogens with zero attached hydrogens (tertiary/aromatic N) is 1. The van der Waals surface area contributed by atoms with Crippen molar-refractivity contribution in [3.05, 3.63) is 16.8 Å². The third-order valence-corrected chi connectivity index (χ3v) is 2.03. The largest absolute Gasteiger partial charge is 0.459 e. The highest BCUT2D eigenvalue weighted by Crippen LogP contribution is 2.12. The van der Waals surface area contributed by atoms with E-state index in [9.17, 15) is 4.79 Å². The monoisotopic (exact) mass is 290 g/mol.